The molecule has 0 spiro atoms. The van der Waals surface area contributed by atoms with E-state index in [0.717, 1.165) is 11.1 Å². The first-order valence-corrected chi connectivity index (χ1v) is 6.69. The molecule has 1 fully saturated rings. The summed E-state index contributed by atoms with van der Waals surface area (Å²) in [5, 5.41) is 2.72. The zero-order chi connectivity index (χ0) is 14.9. The fraction of sp³-hybridized carbons (Fsp3) is 0.467. The van der Waals surface area contributed by atoms with Crippen molar-refractivity contribution in [1.82, 2.24) is 10.2 Å². The molecule has 0 aliphatic carbocycles. The van der Waals surface area contributed by atoms with Gasteiger partial charge in [-0.05, 0) is 18.9 Å². The molecule has 108 valence electrons. The summed E-state index contributed by atoms with van der Waals surface area (Å²) in [6.45, 7) is 6.03. The normalized spacial score (nSPS) is 18.6. The molecule has 1 heterocycles. The van der Waals surface area contributed by atoms with Crippen molar-refractivity contribution in [1.29, 1.82) is 0 Å². The van der Waals surface area contributed by atoms with E-state index in [-0.39, 0.29) is 24.4 Å². The lowest BCUT2D eigenvalue weighted by Gasteiger charge is -2.16. The van der Waals surface area contributed by atoms with E-state index in [1.54, 1.807) is 7.11 Å². The molecule has 1 aliphatic heterocycles. The molecule has 2 rings (SSSR count). The summed E-state index contributed by atoms with van der Waals surface area (Å²) in [5.41, 5.74) is 1.90. The molecule has 0 radical (unpaired) electrons. The molecule has 1 aromatic rings. The summed E-state index contributed by atoms with van der Waals surface area (Å²) in [7, 11) is 1.58. The molecule has 5 heteroatoms. The second kappa shape index (κ2) is 5.53. The number of carbonyl (C=O) groups excluding carboxylic acids is 2. The Morgan fingerprint density at radius 3 is 2.60 bits per heavy atom. The van der Waals surface area contributed by atoms with Crippen LogP contribution in [0.4, 0.5) is 4.79 Å². The number of ether oxygens (including phenoxy) is 1. The van der Waals surface area contributed by atoms with Crippen LogP contribution in [0.5, 0.6) is 5.75 Å². The summed E-state index contributed by atoms with van der Waals surface area (Å²) in [5.74, 6) is 0.591. The number of benzene rings is 1. The fourth-order valence-corrected chi connectivity index (χ4v) is 2.34. The molecule has 1 aliphatic rings. The lowest BCUT2D eigenvalue weighted by Crippen LogP contribution is -2.34. The predicted octanol–water partition coefficient (Wildman–Crippen LogP) is 2.08. The average molecular weight is 276 g/mol. The van der Waals surface area contributed by atoms with Crippen molar-refractivity contribution in [2.75, 3.05) is 7.11 Å². The molecule has 1 saturated heterocycles. The van der Waals surface area contributed by atoms with E-state index in [1.807, 2.05) is 39.0 Å². The molecule has 0 aromatic heterocycles. The summed E-state index contributed by atoms with van der Waals surface area (Å²) in [6, 6.07) is 4.95. The lowest BCUT2D eigenvalue weighted by molar-refractivity contribution is -0.128. The molecule has 0 saturated carbocycles. The van der Waals surface area contributed by atoms with E-state index in [2.05, 4.69) is 5.32 Å². The van der Waals surface area contributed by atoms with Crippen molar-refractivity contribution in [3.63, 3.8) is 0 Å². The number of aryl methyl sites for hydroxylation is 1. The van der Waals surface area contributed by atoms with Crippen LogP contribution in [0.3, 0.4) is 0 Å². The highest BCUT2D eigenvalue weighted by Gasteiger charge is 2.39. The van der Waals surface area contributed by atoms with Crippen LogP contribution < -0.4 is 10.1 Å². The predicted molar refractivity (Wildman–Crippen MR) is 75.4 cm³/mol. The van der Waals surface area contributed by atoms with Gasteiger partial charge >= 0.3 is 6.03 Å². The van der Waals surface area contributed by atoms with Gasteiger partial charge in [0.05, 0.1) is 13.7 Å². The molecular formula is C15H20N2O3. The molecule has 20 heavy (non-hydrogen) atoms. The van der Waals surface area contributed by atoms with Crippen LogP contribution in [0.2, 0.25) is 0 Å². The van der Waals surface area contributed by atoms with E-state index < -0.39 is 6.04 Å². The van der Waals surface area contributed by atoms with Crippen LogP contribution in [-0.4, -0.2) is 30.0 Å². The zero-order valence-electron chi connectivity index (χ0n) is 12.3. The van der Waals surface area contributed by atoms with Gasteiger partial charge < -0.3 is 10.1 Å². The second-order valence-corrected chi connectivity index (χ2v) is 5.41. The Morgan fingerprint density at radius 1 is 1.35 bits per heavy atom. The molecule has 1 aromatic carbocycles. The quantitative estimate of drug-likeness (QED) is 0.857. The van der Waals surface area contributed by atoms with Crippen molar-refractivity contribution in [2.45, 2.75) is 33.4 Å². The lowest BCUT2D eigenvalue weighted by atomic mass is 10.0. The van der Waals surface area contributed by atoms with E-state index in [0.29, 0.717) is 5.75 Å². The Kier molecular flexibility index (Phi) is 3.97. The van der Waals surface area contributed by atoms with Gasteiger partial charge in [0, 0.05) is 5.56 Å². The number of methoxy groups -OCH3 is 1. The van der Waals surface area contributed by atoms with E-state index in [1.165, 1.54) is 4.90 Å². The van der Waals surface area contributed by atoms with Gasteiger partial charge in [-0.1, -0.05) is 31.5 Å². The minimum Gasteiger partial charge on any atom is -0.496 e. The Bertz CT molecular complexity index is 540. The number of amides is 3. The number of urea groups is 1. The Morgan fingerprint density at radius 2 is 2.05 bits per heavy atom. The third-order valence-corrected chi connectivity index (χ3v) is 3.49. The zero-order valence-corrected chi connectivity index (χ0v) is 12.3. The van der Waals surface area contributed by atoms with Crippen LogP contribution in [0.25, 0.3) is 0 Å². The topological polar surface area (TPSA) is 58.6 Å². The maximum Gasteiger partial charge on any atom is 0.325 e. The second-order valence-electron chi connectivity index (χ2n) is 5.41. The third-order valence-electron chi connectivity index (χ3n) is 3.49. The number of nitrogens with zero attached hydrogens (tertiary/aromatic N) is 1. The van der Waals surface area contributed by atoms with Crippen LogP contribution >= 0.6 is 0 Å². The van der Waals surface area contributed by atoms with Crippen LogP contribution in [0.1, 0.15) is 25.0 Å². The van der Waals surface area contributed by atoms with Crippen molar-refractivity contribution < 1.29 is 14.3 Å². The smallest absolute Gasteiger partial charge is 0.325 e. The highest BCUT2D eigenvalue weighted by atomic mass is 16.5. The number of carbonyl (C=O) groups is 2. The first-order valence-electron chi connectivity index (χ1n) is 6.69. The van der Waals surface area contributed by atoms with Gasteiger partial charge in [0.1, 0.15) is 11.8 Å². The van der Waals surface area contributed by atoms with Crippen LogP contribution in [-0.2, 0) is 11.3 Å². The van der Waals surface area contributed by atoms with Gasteiger partial charge in [0.15, 0.2) is 0 Å². The molecule has 0 bridgehead atoms. The SMILES string of the molecule is COc1ccc(C)cc1CN1C(=O)N[C@@H](C(C)C)C1=O. The first-order chi connectivity index (χ1) is 9.43. The monoisotopic (exact) mass is 276 g/mol. The van der Waals surface area contributed by atoms with Gasteiger partial charge in [0.25, 0.3) is 5.91 Å². The fourth-order valence-electron chi connectivity index (χ4n) is 2.34. The third kappa shape index (κ3) is 2.61. The molecule has 5 nitrogen and oxygen atoms in total. The van der Waals surface area contributed by atoms with Gasteiger partial charge in [0.2, 0.25) is 0 Å². The highest BCUT2D eigenvalue weighted by molar-refractivity contribution is 6.04. The summed E-state index contributed by atoms with van der Waals surface area (Å²) >= 11 is 0. The first kappa shape index (κ1) is 14.4. The van der Waals surface area contributed by atoms with Gasteiger partial charge in [-0.3, -0.25) is 9.69 Å². The van der Waals surface area contributed by atoms with Crippen molar-refractivity contribution in [2.24, 2.45) is 5.92 Å². The highest BCUT2D eigenvalue weighted by Crippen LogP contribution is 2.24. The maximum atomic E-state index is 12.2. The summed E-state index contributed by atoms with van der Waals surface area (Å²) in [4.78, 5) is 25.4. The van der Waals surface area contributed by atoms with E-state index in [4.69, 9.17) is 4.74 Å². The van der Waals surface area contributed by atoms with Crippen molar-refractivity contribution in [3.05, 3.63) is 29.3 Å². The van der Waals surface area contributed by atoms with E-state index in [9.17, 15) is 9.59 Å². The standard InChI is InChI=1S/C15H20N2O3/c1-9(2)13-14(18)17(15(19)16-13)8-11-7-10(3)5-6-12(11)20-4/h5-7,9,13H,8H2,1-4H3,(H,16,19)/t13-/m0/s1. The Balaban J connectivity index is 2.24. The number of hydrogen-bond acceptors (Lipinski definition) is 3. The van der Waals surface area contributed by atoms with Gasteiger partial charge in [-0.25, -0.2) is 4.79 Å². The molecule has 1 N–H and O–H groups in total. The Hall–Kier alpha value is -2.04. The summed E-state index contributed by atoms with van der Waals surface area (Å²) in [6.07, 6.45) is 0. The van der Waals surface area contributed by atoms with Crippen molar-refractivity contribution >= 4 is 11.9 Å². The van der Waals surface area contributed by atoms with E-state index >= 15 is 0 Å². The van der Waals surface area contributed by atoms with Gasteiger partial charge in [-0.15, -0.1) is 0 Å². The molecular weight excluding hydrogens is 256 g/mol. The number of hydrogen-bond donors (Lipinski definition) is 1. The number of nitrogens with one attached hydrogen (secondary N) is 1. The number of rotatable bonds is 4. The van der Waals surface area contributed by atoms with Crippen LogP contribution in [0.15, 0.2) is 18.2 Å². The molecule has 0 unspecified atom stereocenters. The van der Waals surface area contributed by atoms with Gasteiger partial charge in [-0.2, -0.15) is 0 Å². The Labute approximate surface area is 118 Å². The average Bonchev–Trinajstić information content (AvgIpc) is 2.67. The number of imide groups is 1. The minimum atomic E-state index is -0.432. The largest absolute Gasteiger partial charge is 0.496 e. The van der Waals surface area contributed by atoms with Crippen molar-refractivity contribution in [3.8, 4) is 5.75 Å². The molecule has 3 amide bonds. The summed E-state index contributed by atoms with van der Waals surface area (Å²) < 4.78 is 5.29. The minimum absolute atomic E-state index is 0.0795. The maximum absolute atomic E-state index is 12.2. The van der Waals surface area contributed by atoms with Crippen LogP contribution in [0, 0.1) is 12.8 Å². The molecule has 1 atom stereocenters.